The number of hydrogen-bond donors (Lipinski definition) is 1. The van der Waals surface area contributed by atoms with Crippen LogP contribution in [-0.2, 0) is 19.4 Å². The van der Waals surface area contributed by atoms with Crippen LogP contribution >= 0.6 is 0 Å². The van der Waals surface area contributed by atoms with E-state index in [1.54, 1.807) is 6.92 Å². The van der Waals surface area contributed by atoms with Crippen molar-refractivity contribution in [1.29, 1.82) is 0 Å². The number of nitrogens with zero attached hydrogens (tertiary/aromatic N) is 1. The number of nitrogens with one attached hydrogen (secondary N) is 1. The summed E-state index contributed by atoms with van der Waals surface area (Å²) in [4.78, 5) is 23.3. The summed E-state index contributed by atoms with van der Waals surface area (Å²) in [5.74, 6) is 0.103. The van der Waals surface area contributed by atoms with Gasteiger partial charge in [0.25, 0.3) is 0 Å². The van der Waals surface area contributed by atoms with Crippen molar-refractivity contribution in [2.75, 3.05) is 24.6 Å². The van der Waals surface area contributed by atoms with Gasteiger partial charge in [-0.1, -0.05) is 6.92 Å². The molecule has 2 amide bonds. The average Bonchev–Trinajstić information content (AvgIpc) is 2.64. The molecule has 1 atom stereocenters. The van der Waals surface area contributed by atoms with Gasteiger partial charge in [-0.15, -0.1) is 0 Å². The highest BCUT2D eigenvalue weighted by atomic mass is 32.2. The van der Waals surface area contributed by atoms with E-state index in [0.29, 0.717) is 32.3 Å². The molecule has 1 fully saturated rings. The molecule has 0 aromatic heterocycles. The molecule has 1 heterocycles. The van der Waals surface area contributed by atoms with E-state index in [2.05, 4.69) is 5.32 Å². The molecule has 0 saturated carbocycles. The summed E-state index contributed by atoms with van der Waals surface area (Å²) < 4.78 is 22.6. The topological polar surface area (TPSA) is 83.6 Å². The Morgan fingerprint density at radius 1 is 1.53 bits per heavy atom. The quantitative estimate of drug-likeness (QED) is 0.633. The van der Waals surface area contributed by atoms with Crippen molar-refractivity contribution >= 4 is 22.2 Å². The highest BCUT2D eigenvalue weighted by Crippen LogP contribution is 2.16. The van der Waals surface area contributed by atoms with Gasteiger partial charge in [-0.2, -0.15) is 0 Å². The minimum Gasteiger partial charge on any atom is -0.354 e. The fourth-order valence-corrected chi connectivity index (χ4v) is 3.55. The zero-order valence-corrected chi connectivity index (χ0v) is 10.7. The van der Waals surface area contributed by atoms with Gasteiger partial charge >= 0.3 is 0 Å². The van der Waals surface area contributed by atoms with Crippen LogP contribution in [0.4, 0.5) is 0 Å². The second-order valence-electron chi connectivity index (χ2n) is 4.10. The maximum Gasteiger partial charge on any atom is 0.219 e. The number of carbonyl (C=O) groups is 2. The molecule has 0 aromatic rings. The van der Waals surface area contributed by atoms with Gasteiger partial charge in [0, 0.05) is 25.6 Å². The van der Waals surface area contributed by atoms with Gasteiger partial charge < -0.3 is 10.2 Å². The average molecular weight is 262 g/mol. The van der Waals surface area contributed by atoms with Gasteiger partial charge in [0.15, 0.2) is 9.84 Å². The summed E-state index contributed by atoms with van der Waals surface area (Å²) in [6, 6.07) is -0.240. The Balaban J connectivity index is 2.39. The third kappa shape index (κ3) is 4.33. The first-order valence-corrected chi connectivity index (χ1v) is 7.49. The second kappa shape index (κ2) is 6.00. The van der Waals surface area contributed by atoms with Crippen LogP contribution in [0.5, 0.6) is 0 Å². The monoisotopic (exact) mass is 262 g/mol. The summed E-state index contributed by atoms with van der Waals surface area (Å²) in [6.45, 7) is 2.47. The molecule has 7 heteroatoms. The lowest BCUT2D eigenvalue weighted by atomic mass is 10.2. The molecule has 1 aliphatic heterocycles. The van der Waals surface area contributed by atoms with Crippen LogP contribution in [-0.4, -0.2) is 56.3 Å². The molecule has 0 aromatic carbocycles. The Kier molecular flexibility index (Phi) is 4.92. The minimum atomic E-state index is -2.98. The molecule has 98 valence electrons. The van der Waals surface area contributed by atoms with Crippen LogP contribution in [0.25, 0.3) is 0 Å². The molecule has 1 rings (SSSR count). The lowest BCUT2D eigenvalue weighted by molar-refractivity contribution is -0.122. The lowest BCUT2D eigenvalue weighted by Gasteiger charge is -2.23. The first kappa shape index (κ1) is 14.0. The number of hydrogen-bond acceptors (Lipinski definition) is 4. The zero-order chi connectivity index (χ0) is 12.9. The van der Waals surface area contributed by atoms with E-state index in [1.165, 1.54) is 4.90 Å². The van der Waals surface area contributed by atoms with E-state index in [4.69, 9.17) is 0 Å². The number of amides is 2. The van der Waals surface area contributed by atoms with Crippen LogP contribution in [0, 0.1) is 0 Å². The highest BCUT2D eigenvalue weighted by Gasteiger charge is 2.31. The normalized spacial score (nSPS) is 22.1. The van der Waals surface area contributed by atoms with Crippen molar-refractivity contribution in [1.82, 2.24) is 10.2 Å². The predicted octanol–water partition coefficient (Wildman–Crippen LogP) is -0.842. The van der Waals surface area contributed by atoms with Crippen LogP contribution < -0.4 is 5.32 Å². The Hall–Kier alpha value is -1.11. The second-order valence-corrected chi connectivity index (χ2v) is 6.33. The van der Waals surface area contributed by atoms with E-state index >= 15 is 0 Å². The van der Waals surface area contributed by atoms with Gasteiger partial charge in [0.05, 0.1) is 11.5 Å². The summed E-state index contributed by atoms with van der Waals surface area (Å²) >= 11 is 0. The molecule has 0 radical (unpaired) electrons. The molecule has 1 aliphatic rings. The SMILES string of the molecule is CCC(=O)NCCN(C=O)[C@@H]1CCS(=O)(=O)C1. The predicted molar refractivity (Wildman–Crippen MR) is 63.1 cm³/mol. The molecular weight excluding hydrogens is 244 g/mol. The van der Waals surface area contributed by atoms with E-state index < -0.39 is 9.84 Å². The standard InChI is InChI=1S/C10H18N2O4S/c1-2-10(14)11-4-5-12(8-13)9-3-6-17(15,16)7-9/h8-9H,2-7H2,1H3,(H,11,14)/t9-/m1/s1. The lowest BCUT2D eigenvalue weighted by Crippen LogP contribution is -2.40. The van der Waals surface area contributed by atoms with E-state index in [0.717, 1.165) is 0 Å². The van der Waals surface area contributed by atoms with E-state index in [1.807, 2.05) is 0 Å². The Morgan fingerprint density at radius 2 is 2.24 bits per heavy atom. The Labute approximate surface area is 101 Å². The molecule has 0 bridgehead atoms. The summed E-state index contributed by atoms with van der Waals surface area (Å²) in [5.41, 5.74) is 0. The molecule has 0 aliphatic carbocycles. The van der Waals surface area contributed by atoms with Crippen molar-refractivity contribution in [3.8, 4) is 0 Å². The van der Waals surface area contributed by atoms with E-state index in [-0.39, 0.29) is 23.5 Å². The van der Waals surface area contributed by atoms with Crippen LogP contribution in [0.3, 0.4) is 0 Å². The molecule has 1 saturated heterocycles. The molecular formula is C10H18N2O4S. The molecule has 0 spiro atoms. The summed E-state index contributed by atoms with van der Waals surface area (Å²) in [6.07, 6.45) is 1.55. The number of rotatable bonds is 6. The first-order valence-electron chi connectivity index (χ1n) is 5.66. The Bertz CT molecular complexity index is 380. The number of carbonyl (C=O) groups excluding carboxylic acids is 2. The van der Waals surface area contributed by atoms with Gasteiger partial charge in [0.1, 0.15) is 0 Å². The fourth-order valence-electron chi connectivity index (χ4n) is 1.81. The van der Waals surface area contributed by atoms with Crippen molar-refractivity contribution in [3.63, 3.8) is 0 Å². The van der Waals surface area contributed by atoms with Crippen molar-refractivity contribution in [2.24, 2.45) is 0 Å². The van der Waals surface area contributed by atoms with Crippen LogP contribution in [0.2, 0.25) is 0 Å². The maximum absolute atomic E-state index is 11.3. The van der Waals surface area contributed by atoms with Crippen LogP contribution in [0.1, 0.15) is 19.8 Å². The third-order valence-corrected chi connectivity index (χ3v) is 4.58. The van der Waals surface area contributed by atoms with Crippen LogP contribution in [0.15, 0.2) is 0 Å². The fraction of sp³-hybridized carbons (Fsp3) is 0.800. The maximum atomic E-state index is 11.3. The van der Waals surface area contributed by atoms with Crippen molar-refractivity contribution in [2.45, 2.75) is 25.8 Å². The van der Waals surface area contributed by atoms with E-state index in [9.17, 15) is 18.0 Å². The van der Waals surface area contributed by atoms with Gasteiger partial charge in [-0.05, 0) is 6.42 Å². The van der Waals surface area contributed by atoms with Gasteiger partial charge in [-0.25, -0.2) is 8.42 Å². The smallest absolute Gasteiger partial charge is 0.219 e. The Morgan fingerprint density at radius 3 is 2.71 bits per heavy atom. The molecule has 6 nitrogen and oxygen atoms in total. The highest BCUT2D eigenvalue weighted by molar-refractivity contribution is 7.91. The molecule has 1 N–H and O–H groups in total. The summed E-state index contributed by atoms with van der Waals surface area (Å²) in [7, 11) is -2.98. The van der Waals surface area contributed by atoms with Crippen molar-refractivity contribution in [3.05, 3.63) is 0 Å². The molecule has 17 heavy (non-hydrogen) atoms. The summed E-state index contributed by atoms with van der Waals surface area (Å²) in [5, 5.41) is 2.65. The van der Waals surface area contributed by atoms with Gasteiger partial charge in [-0.3, -0.25) is 9.59 Å². The number of sulfone groups is 1. The third-order valence-electron chi connectivity index (χ3n) is 2.83. The molecule has 0 unspecified atom stereocenters. The largest absolute Gasteiger partial charge is 0.354 e. The van der Waals surface area contributed by atoms with Crippen molar-refractivity contribution < 1.29 is 18.0 Å². The first-order chi connectivity index (χ1) is 7.98. The minimum absolute atomic E-state index is 0.0352. The zero-order valence-electron chi connectivity index (χ0n) is 9.89. The van der Waals surface area contributed by atoms with Gasteiger partial charge in [0.2, 0.25) is 12.3 Å².